The molecule has 0 atom stereocenters. The van der Waals surface area contributed by atoms with Crippen molar-refractivity contribution < 1.29 is 0 Å². The van der Waals surface area contributed by atoms with Gasteiger partial charge in [-0.1, -0.05) is 0 Å². The zero-order valence-corrected chi connectivity index (χ0v) is 7.73. The van der Waals surface area contributed by atoms with Gasteiger partial charge in [-0.25, -0.2) is 0 Å². The minimum atomic E-state index is 0.472. The summed E-state index contributed by atoms with van der Waals surface area (Å²) < 4.78 is 0. The highest BCUT2D eigenvalue weighted by Crippen LogP contribution is 2.86. The van der Waals surface area contributed by atoms with Crippen LogP contribution in [0.1, 0.15) is 0 Å². The fraction of sp³-hybridized carbons (Fsp3) is 1.00. The smallest absolute Gasteiger partial charge is 0.00772 e. The Morgan fingerprint density at radius 2 is 1.00 bits per heavy atom. The minimum Gasteiger partial charge on any atom is -0.314 e. The molecule has 68 valence electrons. The highest BCUT2D eigenvalue weighted by atomic mass is 15.0. The summed E-state index contributed by atoms with van der Waals surface area (Å²) in [6.07, 6.45) is 7.22. The second-order valence-corrected chi connectivity index (χ2v) is 5.55. The highest BCUT2D eigenvalue weighted by Gasteiger charge is 2.70. The van der Waals surface area contributed by atoms with E-state index >= 15 is 0 Å². The lowest BCUT2D eigenvalue weighted by molar-refractivity contribution is 0.192. The summed E-state index contributed by atoms with van der Waals surface area (Å²) in [6.45, 7) is 4.56. The maximum atomic E-state index is 3.22. The molecule has 3 heteroatoms. The maximum absolute atomic E-state index is 3.22. The summed E-state index contributed by atoms with van der Waals surface area (Å²) in [5.74, 6) is 0. The SMILES string of the molecule is C1CNCCN1.C1[B-]23CC1(C2)C3. The lowest BCUT2D eigenvalue weighted by Crippen LogP contribution is -2.83. The Bertz CT molecular complexity index is 142. The molecule has 7 saturated heterocycles. The van der Waals surface area contributed by atoms with Gasteiger partial charge in [-0.2, -0.15) is 30.7 Å². The van der Waals surface area contributed by atoms with Crippen molar-refractivity contribution >= 4 is 6.15 Å². The molecule has 0 aromatic rings. The number of piperazine rings is 1. The first-order valence-corrected chi connectivity index (χ1v) is 5.46. The van der Waals surface area contributed by atoms with Crippen molar-refractivity contribution in [3.8, 4) is 0 Å². The van der Waals surface area contributed by atoms with E-state index in [2.05, 4.69) is 10.6 Å². The molecule has 2 nitrogen and oxygen atoms in total. The molecule has 0 unspecified atom stereocenters. The lowest BCUT2D eigenvalue weighted by Gasteiger charge is -2.96. The molecule has 0 spiro atoms. The van der Waals surface area contributed by atoms with Gasteiger partial charge in [0, 0.05) is 32.3 Å². The van der Waals surface area contributed by atoms with E-state index in [0.29, 0.717) is 6.15 Å². The third-order valence-electron chi connectivity index (χ3n) is 4.42. The van der Waals surface area contributed by atoms with E-state index in [-0.39, 0.29) is 0 Å². The van der Waals surface area contributed by atoms with Crippen LogP contribution >= 0.6 is 0 Å². The Kier molecular flexibility index (Phi) is 1.40. The van der Waals surface area contributed by atoms with E-state index in [0.717, 1.165) is 31.6 Å². The van der Waals surface area contributed by atoms with Crippen molar-refractivity contribution in [3.05, 3.63) is 0 Å². The van der Waals surface area contributed by atoms with Gasteiger partial charge in [0.1, 0.15) is 0 Å². The van der Waals surface area contributed by atoms with E-state index in [4.69, 9.17) is 0 Å². The topological polar surface area (TPSA) is 24.1 Å². The maximum Gasteiger partial charge on any atom is 0.00772 e. The molecule has 7 aliphatic heterocycles. The van der Waals surface area contributed by atoms with Crippen molar-refractivity contribution in [1.82, 2.24) is 10.6 Å². The molecule has 0 aromatic carbocycles. The Balaban J connectivity index is 0.0000000817. The second-order valence-electron chi connectivity index (χ2n) is 5.55. The molecule has 12 heavy (non-hydrogen) atoms. The predicted octanol–water partition coefficient (Wildman–Crippen LogP) is 0.642. The summed E-state index contributed by atoms with van der Waals surface area (Å²) in [5.41, 5.74) is 1.03. The minimum absolute atomic E-state index is 0.472. The molecule has 7 heterocycles. The molecule has 2 N–H and O–H groups in total. The van der Waals surface area contributed by atoms with Gasteiger partial charge in [-0.3, -0.25) is 0 Å². The molecule has 7 rings (SSSR count). The first-order chi connectivity index (χ1) is 5.83. The van der Waals surface area contributed by atoms with Crippen LogP contribution in [0.15, 0.2) is 0 Å². The standard InChI is InChI=1S/C5H8B.C4H10N2/c1-5-2-6(1,3-5)4-5;1-2-6-4-3-5-1/h1-4H2;5-6H,1-4H2/q-1;. The number of hydrogen-bond donors (Lipinski definition) is 2. The molecule has 0 radical (unpaired) electrons. The molecule has 7 fully saturated rings. The van der Waals surface area contributed by atoms with Gasteiger partial charge >= 0.3 is 0 Å². The van der Waals surface area contributed by atoms with Crippen molar-refractivity contribution in [1.29, 1.82) is 0 Å². The van der Waals surface area contributed by atoms with Crippen molar-refractivity contribution in [2.24, 2.45) is 5.41 Å². The Morgan fingerprint density at radius 3 is 1.08 bits per heavy atom. The Hall–Kier alpha value is -0.0151. The third-order valence-corrected chi connectivity index (χ3v) is 4.42. The van der Waals surface area contributed by atoms with Crippen LogP contribution in [-0.2, 0) is 0 Å². The van der Waals surface area contributed by atoms with E-state index < -0.39 is 0 Å². The molecular weight excluding hydrogens is 147 g/mol. The predicted molar refractivity (Wildman–Crippen MR) is 53.2 cm³/mol. The Morgan fingerprint density at radius 1 is 0.750 bits per heavy atom. The molecule has 0 saturated carbocycles. The van der Waals surface area contributed by atoms with Crippen LogP contribution in [0, 0.1) is 5.41 Å². The van der Waals surface area contributed by atoms with Gasteiger partial charge < -0.3 is 10.6 Å². The van der Waals surface area contributed by atoms with Crippen LogP contribution in [-0.4, -0.2) is 32.3 Å². The summed E-state index contributed by atoms with van der Waals surface area (Å²) in [7, 11) is 0. The lowest BCUT2D eigenvalue weighted by atomic mass is 8.79. The van der Waals surface area contributed by atoms with Crippen LogP contribution in [0.5, 0.6) is 0 Å². The first-order valence-electron chi connectivity index (χ1n) is 5.46. The van der Waals surface area contributed by atoms with Crippen LogP contribution in [0.3, 0.4) is 0 Å². The average Bonchev–Trinajstić information content (AvgIpc) is 1.82. The zero-order valence-electron chi connectivity index (χ0n) is 7.73. The fourth-order valence-corrected chi connectivity index (χ4v) is 3.92. The molecule has 0 aliphatic carbocycles. The van der Waals surface area contributed by atoms with Gasteiger partial charge in [0.05, 0.1) is 0 Å². The molecule has 0 amide bonds. The van der Waals surface area contributed by atoms with E-state index in [1.165, 1.54) is 0 Å². The first kappa shape index (κ1) is 7.39. The van der Waals surface area contributed by atoms with Gasteiger partial charge in [-0.15, -0.1) is 0 Å². The van der Waals surface area contributed by atoms with Crippen molar-refractivity contribution in [2.75, 3.05) is 26.2 Å². The van der Waals surface area contributed by atoms with Crippen molar-refractivity contribution in [2.45, 2.75) is 25.3 Å². The van der Waals surface area contributed by atoms with Crippen molar-refractivity contribution in [3.63, 3.8) is 0 Å². The van der Waals surface area contributed by atoms with E-state index in [1.54, 1.807) is 25.3 Å². The largest absolute Gasteiger partial charge is 0.314 e. The number of rotatable bonds is 0. The van der Waals surface area contributed by atoms with Gasteiger partial charge in [0.15, 0.2) is 0 Å². The zero-order chi connectivity index (χ0) is 8.07. The van der Waals surface area contributed by atoms with Crippen LogP contribution in [0.2, 0.25) is 25.3 Å². The second kappa shape index (κ2) is 2.27. The number of nitrogens with one attached hydrogen (secondary N) is 2. The average molecular weight is 165 g/mol. The van der Waals surface area contributed by atoms with Crippen LogP contribution < -0.4 is 10.6 Å². The summed E-state index contributed by atoms with van der Waals surface area (Å²) in [6, 6.07) is 0. The van der Waals surface area contributed by atoms with Gasteiger partial charge in [0.2, 0.25) is 0 Å². The molecule has 7 aliphatic rings. The van der Waals surface area contributed by atoms with Crippen LogP contribution in [0.4, 0.5) is 0 Å². The van der Waals surface area contributed by atoms with E-state index in [9.17, 15) is 0 Å². The fourth-order valence-electron chi connectivity index (χ4n) is 3.92. The molecular formula is C9H18BN2-. The molecule has 2 bridgehead atoms. The normalized spacial score (nSPS) is 52.0. The third kappa shape index (κ3) is 0.897. The highest BCUT2D eigenvalue weighted by molar-refractivity contribution is 6.94. The van der Waals surface area contributed by atoms with E-state index in [1.807, 2.05) is 0 Å². The van der Waals surface area contributed by atoms with Gasteiger partial charge in [-0.05, 0) is 0 Å². The van der Waals surface area contributed by atoms with Gasteiger partial charge in [0.25, 0.3) is 0 Å². The summed E-state index contributed by atoms with van der Waals surface area (Å²) in [5, 5.41) is 6.44. The molecule has 0 aromatic heterocycles. The summed E-state index contributed by atoms with van der Waals surface area (Å²) in [4.78, 5) is 0. The monoisotopic (exact) mass is 165 g/mol. The quantitative estimate of drug-likeness (QED) is 0.515. The summed E-state index contributed by atoms with van der Waals surface area (Å²) >= 11 is 0. The van der Waals surface area contributed by atoms with Crippen LogP contribution in [0.25, 0.3) is 0 Å². The Labute approximate surface area is 74.4 Å². The number of hydrogen-bond acceptors (Lipinski definition) is 2.